The van der Waals surface area contributed by atoms with Crippen LogP contribution in [0.1, 0.15) is 10.4 Å². The molecule has 0 saturated heterocycles. The second-order valence-corrected chi connectivity index (χ2v) is 9.40. The largest absolute Gasteiger partial charge is 0.507 e. The number of carbonyl (C=O) groups is 2. The molecular weight excluding hydrogens is 594 g/mol. The molecule has 9 heteroatoms. The number of hydrogen-bond acceptors (Lipinski definition) is 5. The van der Waals surface area contributed by atoms with Crippen LogP contribution in [0.3, 0.4) is 0 Å². The van der Waals surface area contributed by atoms with Crippen LogP contribution in [0.25, 0.3) is 11.1 Å². The van der Waals surface area contributed by atoms with E-state index in [0.29, 0.717) is 42.8 Å². The average molecular weight is 613 g/mol. The highest BCUT2D eigenvalue weighted by Crippen LogP contribution is 2.43. The van der Waals surface area contributed by atoms with Gasteiger partial charge >= 0.3 is 5.97 Å². The molecule has 4 aromatic carbocycles. The fraction of sp³-hybridized carbons (Fsp3) is 0.0370. The lowest BCUT2D eigenvalue weighted by atomic mass is 10.0. The summed E-state index contributed by atoms with van der Waals surface area (Å²) in [5.74, 6) is -0.888. The van der Waals surface area contributed by atoms with E-state index >= 15 is 0 Å². The van der Waals surface area contributed by atoms with Gasteiger partial charge in [0.25, 0.3) is 5.91 Å². The Balaban J connectivity index is 1.68. The number of benzene rings is 4. The molecule has 0 atom stereocenters. The number of para-hydroxylation sites is 1. The summed E-state index contributed by atoms with van der Waals surface area (Å²) >= 11 is 6.91. The van der Waals surface area contributed by atoms with Crippen LogP contribution in [-0.2, 0) is 4.79 Å². The molecule has 36 heavy (non-hydrogen) atoms. The van der Waals surface area contributed by atoms with Gasteiger partial charge in [-0.3, -0.25) is 14.5 Å². The van der Waals surface area contributed by atoms with E-state index in [2.05, 4.69) is 31.9 Å². The summed E-state index contributed by atoms with van der Waals surface area (Å²) in [6, 6.07) is 22.8. The lowest BCUT2D eigenvalue weighted by Gasteiger charge is -2.23. The summed E-state index contributed by atoms with van der Waals surface area (Å²) in [7, 11) is 0. The zero-order valence-corrected chi connectivity index (χ0v) is 21.7. The molecule has 0 aliphatic rings. The number of ether oxygens (including phenoxy) is 1. The Morgan fingerprint density at radius 2 is 1.39 bits per heavy atom. The van der Waals surface area contributed by atoms with Gasteiger partial charge in [0.2, 0.25) is 0 Å². The van der Waals surface area contributed by atoms with Crippen LogP contribution in [0.2, 0.25) is 0 Å². The molecule has 0 aromatic heterocycles. The van der Waals surface area contributed by atoms with Gasteiger partial charge in [-0.25, -0.2) is 0 Å². The minimum absolute atomic E-state index is 0.0123. The molecule has 182 valence electrons. The summed E-state index contributed by atoms with van der Waals surface area (Å²) in [6.45, 7) is -0.533. The Labute approximate surface area is 223 Å². The minimum Gasteiger partial charge on any atom is -0.507 e. The molecule has 4 aromatic rings. The molecule has 0 spiro atoms. The van der Waals surface area contributed by atoms with Gasteiger partial charge in [0.1, 0.15) is 23.8 Å². The predicted octanol–water partition coefficient (Wildman–Crippen LogP) is 6.81. The van der Waals surface area contributed by atoms with Crippen molar-refractivity contribution in [2.75, 3.05) is 11.4 Å². The number of carbonyl (C=O) groups excluding carboxylic acids is 1. The molecule has 4 rings (SSSR count). The molecule has 0 heterocycles. The van der Waals surface area contributed by atoms with Crippen molar-refractivity contribution >= 4 is 49.4 Å². The van der Waals surface area contributed by atoms with Crippen molar-refractivity contribution in [2.24, 2.45) is 0 Å². The van der Waals surface area contributed by atoms with Crippen LogP contribution in [0.5, 0.6) is 23.0 Å². The maximum absolute atomic E-state index is 13.1. The second kappa shape index (κ2) is 10.8. The molecule has 0 fully saturated rings. The summed E-state index contributed by atoms with van der Waals surface area (Å²) in [5.41, 5.74) is 1.53. The SMILES string of the molecule is O=C(O)CN(C(=O)c1ccccc1)c1cc(Br)c(Oc2ccc(O)c(-c3ccccc3O)c2)c(Br)c1. The molecule has 0 aliphatic carbocycles. The zero-order valence-electron chi connectivity index (χ0n) is 18.6. The molecule has 0 radical (unpaired) electrons. The first-order chi connectivity index (χ1) is 17.2. The average Bonchev–Trinajstić information content (AvgIpc) is 2.86. The summed E-state index contributed by atoms with van der Waals surface area (Å²) in [4.78, 5) is 25.7. The number of aromatic hydroxyl groups is 2. The number of amides is 1. The van der Waals surface area contributed by atoms with Gasteiger partial charge in [-0.1, -0.05) is 36.4 Å². The molecule has 0 aliphatic heterocycles. The third-order valence-corrected chi connectivity index (χ3v) is 6.41. The van der Waals surface area contributed by atoms with Crippen LogP contribution < -0.4 is 9.64 Å². The van der Waals surface area contributed by atoms with Crippen molar-refractivity contribution in [1.29, 1.82) is 0 Å². The monoisotopic (exact) mass is 611 g/mol. The Hall–Kier alpha value is -3.82. The lowest BCUT2D eigenvalue weighted by Crippen LogP contribution is -2.35. The Morgan fingerprint density at radius 1 is 0.778 bits per heavy atom. The Kier molecular flexibility index (Phi) is 7.61. The number of nitrogens with zero attached hydrogens (tertiary/aromatic N) is 1. The third kappa shape index (κ3) is 5.53. The van der Waals surface area contributed by atoms with Gasteiger partial charge in [-0.15, -0.1) is 0 Å². The molecule has 0 unspecified atom stereocenters. The summed E-state index contributed by atoms with van der Waals surface area (Å²) in [5, 5.41) is 29.9. The molecule has 1 amide bonds. The first-order valence-corrected chi connectivity index (χ1v) is 12.2. The quantitative estimate of drug-likeness (QED) is 0.212. The van der Waals surface area contributed by atoms with Gasteiger partial charge in [0, 0.05) is 22.4 Å². The number of phenolic OH excluding ortho intramolecular Hbond substituents is 2. The van der Waals surface area contributed by atoms with Crippen molar-refractivity contribution in [1.82, 2.24) is 0 Å². The Morgan fingerprint density at radius 3 is 2.03 bits per heavy atom. The van der Waals surface area contributed by atoms with Crippen LogP contribution in [0.15, 0.2) is 93.9 Å². The first-order valence-electron chi connectivity index (χ1n) is 10.6. The maximum atomic E-state index is 13.1. The standard InChI is InChI=1S/C27H19Br2NO6/c28-21-12-17(30(15-25(33)34)27(35)16-6-2-1-3-7-16)13-22(29)26(21)36-18-10-11-24(32)20(14-18)19-8-4-5-9-23(19)31/h1-14,31-32H,15H2,(H,33,34). The number of anilines is 1. The maximum Gasteiger partial charge on any atom is 0.323 e. The van der Waals surface area contributed by atoms with Crippen molar-refractivity contribution in [3.8, 4) is 34.1 Å². The molecule has 0 bridgehead atoms. The highest BCUT2D eigenvalue weighted by Gasteiger charge is 2.23. The lowest BCUT2D eigenvalue weighted by molar-refractivity contribution is -0.135. The van der Waals surface area contributed by atoms with Gasteiger partial charge in [-0.05, 0) is 80.4 Å². The molecule has 7 nitrogen and oxygen atoms in total. The number of aliphatic carboxylic acids is 1. The molecular formula is C27H19Br2NO6. The van der Waals surface area contributed by atoms with Gasteiger partial charge in [0.05, 0.1) is 8.95 Å². The van der Waals surface area contributed by atoms with E-state index in [1.54, 1.807) is 72.8 Å². The highest BCUT2D eigenvalue weighted by molar-refractivity contribution is 9.11. The van der Waals surface area contributed by atoms with E-state index in [1.807, 2.05) is 0 Å². The first kappa shape index (κ1) is 25.3. The van der Waals surface area contributed by atoms with Gasteiger partial charge in [-0.2, -0.15) is 0 Å². The third-order valence-electron chi connectivity index (χ3n) is 5.24. The Bertz CT molecular complexity index is 1420. The van der Waals surface area contributed by atoms with E-state index in [1.165, 1.54) is 12.1 Å². The second-order valence-electron chi connectivity index (χ2n) is 7.69. The minimum atomic E-state index is -1.16. The van der Waals surface area contributed by atoms with E-state index in [-0.39, 0.29) is 11.5 Å². The van der Waals surface area contributed by atoms with Crippen LogP contribution in [0.4, 0.5) is 5.69 Å². The van der Waals surface area contributed by atoms with E-state index < -0.39 is 18.4 Å². The normalized spacial score (nSPS) is 10.6. The fourth-order valence-corrected chi connectivity index (χ4v) is 4.89. The summed E-state index contributed by atoms with van der Waals surface area (Å²) in [6.07, 6.45) is 0. The molecule has 0 saturated carbocycles. The molecule has 3 N–H and O–H groups in total. The van der Waals surface area contributed by atoms with E-state index in [9.17, 15) is 24.9 Å². The number of carboxylic acids is 1. The number of hydrogen-bond donors (Lipinski definition) is 3. The number of phenols is 2. The highest BCUT2D eigenvalue weighted by atomic mass is 79.9. The smallest absolute Gasteiger partial charge is 0.323 e. The van der Waals surface area contributed by atoms with Gasteiger partial charge in [0.15, 0.2) is 5.75 Å². The predicted molar refractivity (Wildman–Crippen MR) is 143 cm³/mol. The van der Waals surface area contributed by atoms with Crippen molar-refractivity contribution in [3.63, 3.8) is 0 Å². The van der Waals surface area contributed by atoms with Crippen LogP contribution >= 0.6 is 31.9 Å². The van der Waals surface area contributed by atoms with Crippen molar-refractivity contribution in [2.45, 2.75) is 0 Å². The van der Waals surface area contributed by atoms with E-state index in [0.717, 1.165) is 4.90 Å². The van der Waals surface area contributed by atoms with Crippen LogP contribution in [-0.4, -0.2) is 33.7 Å². The topological polar surface area (TPSA) is 107 Å². The van der Waals surface area contributed by atoms with Gasteiger partial charge < -0.3 is 20.1 Å². The van der Waals surface area contributed by atoms with Crippen molar-refractivity contribution < 1.29 is 29.6 Å². The van der Waals surface area contributed by atoms with E-state index in [4.69, 9.17) is 4.74 Å². The zero-order chi connectivity index (χ0) is 25.8. The number of halogens is 2. The van der Waals surface area contributed by atoms with Crippen molar-refractivity contribution in [3.05, 3.63) is 99.4 Å². The van der Waals surface area contributed by atoms with Crippen LogP contribution in [0, 0.1) is 0 Å². The number of rotatable bonds is 7. The fourth-order valence-electron chi connectivity index (χ4n) is 3.57. The summed E-state index contributed by atoms with van der Waals surface area (Å²) < 4.78 is 6.97. The number of carboxylic acid groups (broad SMARTS) is 1.